The fourth-order valence-corrected chi connectivity index (χ4v) is 2.49. The van der Waals surface area contributed by atoms with Gasteiger partial charge in [-0.2, -0.15) is 5.10 Å². The van der Waals surface area contributed by atoms with Crippen LogP contribution in [-0.2, 0) is 13.2 Å². The molecule has 138 valence electrons. The molecule has 4 nitrogen and oxygen atoms in total. The highest BCUT2D eigenvalue weighted by Gasteiger charge is 2.08. The molecule has 0 fully saturated rings. The fourth-order valence-electron chi connectivity index (χ4n) is 2.49. The Balaban J connectivity index is 1.77. The molecule has 0 aliphatic carbocycles. The smallest absolute Gasteiger partial charge is 0.162 e. The number of hydrazone groups is 1. The summed E-state index contributed by atoms with van der Waals surface area (Å²) >= 11 is 0. The van der Waals surface area contributed by atoms with Gasteiger partial charge < -0.3 is 14.5 Å². The number of nitrogens with zero attached hydrogens (tertiary/aromatic N) is 2. The fraction of sp³-hybridized carbons (Fsp3) is 0.174. The van der Waals surface area contributed by atoms with Gasteiger partial charge in [0.25, 0.3) is 0 Å². The molecular formula is C23H24N2O2. The van der Waals surface area contributed by atoms with E-state index in [-0.39, 0.29) is 0 Å². The standard InChI is InChI=1S/C23H24N2O2/c1-25(2)24-16-21-13-14-22(26-17-19-9-5-3-6-10-19)23(15-21)27-18-20-11-7-4-8-12-20/h3-16H,17-18H2,1-2H3. The highest BCUT2D eigenvalue weighted by atomic mass is 16.5. The summed E-state index contributed by atoms with van der Waals surface area (Å²) in [6.07, 6.45) is 1.80. The summed E-state index contributed by atoms with van der Waals surface area (Å²) in [5.41, 5.74) is 3.18. The molecule has 0 aliphatic rings. The van der Waals surface area contributed by atoms with Crippen molar-refractivity contribution < 1.29 is 9.47 Å². The normalized spacial score (nSPS) is 10.7. The van der Waals surface area contributed by atoms with Gasteiger partial charge in [0.2, 0.25) is 0 Å². The minimum absolute atomic E-state index is 0.483. The van der Waals surface area contributed by atoms with Gasteiger partial charge in [-0.25, -0.2) is 0 Å². The zero-order chi connectivity index (χ0) is 18.9. The average molecular weight is 360 g/mol. The summed E-state index contributed by atoms with van der Waals surface area (Å²) in [5.74, 6) is 1.43. The average Bonchev–Trinajstić information content (AvgIpc) is 2.71. The van der Waals surface area contributed by atoms with Crippen LogP contribution < -0.4 is 9.47 Å². The Bertz CT molecular complexity index is 862. The largest absolute Gasteiger partial charge is 0.485 e. The van der Waals surface area contributed by atoms with Crippen LogP contribution in [0.15, 0.2) is 84.0 Å². The van der Waals surface area contributed by atoms with Gasteiger partial charge in [0.15, 0.2) is 11.5 Å². The van der Waals surface area contributed by atoms with Gasteiger partial charge in [0.05, 0.1) is 6.21 Å². The molecule has 0 saturated heterocycles. The van der Waals surface area contributed by atoms with E-state index in [0.717, 1.165) is 22.4 Å². The van der Waals surface area contributed by atoms with Gasteiger partial charge >= 0.3 is 0 Å². The van der Waals surface area contributed by atoms with E-state index in [0.29, 0.717) is 19.0 Å². The number of hydrogen-bond donors (Lipinski definition) is 0. The van der Waals surface area contributed by atoms with Crippen molar-refractivity contribution in [2.45, 2.75) is 13.2 Å². The lowest BCUT2D eigenvalue weighted by Gasteiger charge is -2.14. The topological polar surface area (TPSA) is 34.1 Å². The molecule has 0 aliphatic heterocycles. The van der Waals surface area contributed by atoms with Crippen molar-refractivity contribution in [3.05, 3.63) is 95.6 Å². The third kappa shape index (κ3) is 5.89. The molecule has 0 spiro atoms. The third-order valence-corrected chi connectivity index (χ3v) is 3.88. The van der Waals surface area contributed by atoms with E-state index in [1.165, 1.54) is 0 Å². The molecule has 3 rings (SSSR count). The zero-order valence-corrected chi connectivity index (χ0v) is 15.7. The third-order valence-electron chi connectivity index (χ3n) is 3.88. The number of benzene rings is 3. The Morgan fingerprint density at radius 3 is 1.85 bits per heavy atom. The van der Waals surface area contributed by atoms with Crippen LogP contribution in [0.2, 0.25) is 0 Å². The Hall–Kier alpha value is -3.27. The molecule has 27 heavy (non-hydrogen) atoms. The molecule has 0 N–H and O–H groups in total. The molecule has 3 aromatic rings. The first-order valence-corrected chi connectivity index (χ1v) is 8.89. The second kappa shape index (κ2) is 9.43. The van der Waals surface area contributed by atoms with Gasteiger partial charge in [0, 0.05) is 14.1 Å². The highest BCUT2D eigenvalue weighted by Crippen LogP contribution is 2.29. The van der Waals surface area contributed by atoms with Crippen molar-refractivity contribution >= 4 is 6.21 Å². The number of ether oxygens (including phenoxy) is 2. The maximum Gasteiger partial charge on any atom is 0.162 e. The summed E-state index contributed by atoms with van der Waals surface area (Å²) in [5, 5.41) is 6.04. The summed E-state index contributed by atoms with van der Waals surface area (Å²) < 4.78 is 12.1. The van der Waals surface area contributed by atoms with E-state index in [1.807, 2.05) is 93.0 Å². The first-order chi connectivity index (χ1) is 13.2. The van der Waals surface area contributed by atoms with Gasteiger partial charge in [0.1, 0.15) is 13.2 Å². The van der Waals surface area contributed by atoms with Crippen LogP contribution in [0.1, 0.15) is 16.7 Å². The van der Waals surface area contributed by atoms with Crippen molar-refractivity contribution in [2.24, 2.45) is 5.10 Å². The predicted molar refractivity (Wildman–Crippen MR) is 109 cm³/mol. The molecule has 0 saturated carbocycles. The van der Waals surface area contributed by atoms with Gasteiger partial charge in [-0.1, -0.05) is 60.7 Å². The van der Waals surface area contributed by atoms with Crippen molar-refractivity contribution in [1.29, 1.82) is 0 Å². The lowest BCUT2D eigenvalue weighted by atomic mass is 10.2. The van der Waals surface area contributed by atoms with Gasteiger partial charge in [-0.3, -0.25) is 0 Å². The van der Waals surface area contributed by atoms with Crippen molar-refractivity contribution in [1.82, 2.24) is 5.01 Å². The maximum atomic E-state index is 6.06. The second-order valence-electron chi connectivity index (χ2n) is 6.35. The Morgan fingerprint density at radius 2 is 1.30 bits per heavy atom. The van der Waals surface area contributed by atoms with Crippen molar-refractivity contribution in [3.8, 4) is 11.5 Å². The van der Waals surface area contributed by atoms with E-state index in [4.69, 9.17) is 9.47 Å². The first-order valence-electron chi connectivity index (χ1n) is 8.89. The molecule has 3 aromatic carbocycles. The summed E-state index contributed by atoms with van der Waals surface area (Å²) in [6, 6.07) is 26.1. The van der Waals surface area contributed by atoms with Crippen LogP contribution in [0.4, 0.5) is 0 Å². The summed E-state index contributed by atoms with van der Waals surface area (Å²) in [4.78, 5) is 0. The summed E-state index contributed by atoms with van der Waals surface area (Å²) in [7, 11) is 3.78. The molecule has 4 heteroatoms. The van der Waals surface area contributed by atoms with E-state index in [9.17, 15) is 0 Å². The summed E-state index contributed by atoms with van der Waals surface area (Å²) in [6.45, 7) is 0.977. The monoisotopic (exact) mass is 360 g/mol. The molecule has 0 radical (unpaired) electrons. The van der Waals surface area contributed by atoms with Crippen molar-refractivity contribution in [2.75, 3.05) is 14.1 Å². The van der Waals surface area contributed by atoms with E-state index in [1.54, 1.807) is 11.2 Å². The number of hydrogen-bond acceptors (Lipinski definition) is 4. The lowest BCUT2D eigenvalue weighted by Crippen LogP contribution is -2.03. The van der Waals surface area contributed by atoms with Crippen LogP contribution in [0.3, 0.4) is 0 Å². The number of rotatable bonds is 8. The zero-order valence-electron chi connectivity index (χ0n) is 15.7. The lowest BCUT2D eigenvalue weighted by molar-refractivity contribution is 0.256. The van der Waals surface area contributed by atoms with Crippen LogP contribution in [-0.4, -0.2) is 25.3 Å². The van der Waals surface area contributed by atoms with Gasteiger partial charge in [-0.15, -0.1) is 0 Å². The van der Waals surface area contributed by atoms with Crippen molar-refractivity contribution in [3.63, 3.8) is 0 Å². The van der Waals surface area contributed by atoms with Crippen LogP contribution >= 0.6 is 0 Å². The maximum absolute atomic E-state index is 6.06. The Kier molecular flexibility index (Phi) is 6.47. The van der Waals surface area contributed by atoms with Crippen LogP contribution in [0.5, 0.6) is 11.5 Å². The van der Waals surface area contributed by atoms with Crippen LogP contribution in [0.25, 0.3) is 0 Å². The van der Waals surface area contributed by atoms with E-state index in [2.05, 4.69) is 5.10 Å². The van der Waals surface area contributed by atoms with E-state index >= 15 is 0 Å². The molecule has 0 unspecified atom stereocenters. The molecular weight excluding hydrogens is 336 g/mol. The van der Waals surface area contributed by atoms with Crippen LogP contribution in [0, 0.1) is 0 Å². The molecule has 0 heterocycles. The van der Waals surface area contributed by atoms with E-state index < -0.39 is 0 Å². The Morgan fingerprint density at radius 1 is 0.741 bits per heavy atom. The molecule has 0 atom stereocenters. The molecule has 0 bridgehead atoms. The SMILES string of the molecule is CN(C)N=Cc1ccc(OCc2ccccc2)c(OCc2ccccc2)c1. The molecule has 0 aromatic heterocycles. The predicted octanol–water partition coefficient (Wildman–Crippen LogP) is 4.74. The Labute approximate surface area is 160 Å². The molecule has 0 amide bonds. The minimum Gasteiger partial charge on any atom is -0.485 e. The highest BCUT2D eigenvalue weighted by molar-refractivity contribution is 5.80. The second-order valence-corrected chi connectivity index (χ2v) is 6.35. The first kappa shape index (κ1) is 18.5. The van der Waals surface area contributed by atoms with Gasteiger partial charge in [-0.05, 0) is 34.9 Å². The minimum atomic E-state index is 0.483. The quantitative estimate of drug-likeness (QED) is 0.430.